The number of amides is 1. The van der Waals surface area contributed by atoms with Crippen molar-refractivity contribution in [3.63, 3.8) is 0 Å². The second kappa shape index (κ2) is 6.52. The predicted octanol–water partition coefficient (Wildman–Crippen LogP) is 3.88. The Labute approximate surface area is 131 Å². The first-order chi connectivity index (χ1) is 10.5. The Kier molecular flexibility index (Phi) is 4.71. The molecule has 2 aromatic carbocycles. The number of aryl methyl sites for hydroxylation is 3. The number of rotatable bonds is 4. The Morgan fingerprint density at radius 3 is 2.14 bits per heavy atom. The topological polar surface area (TPSA) is 47.6 Å². The van der Waals surface area contributed by atoms with Gasteiger partial charge in [-0.2, -0.15) is 0 Å². The van der Waals surface area contributed by atoms with Gasteiger partial charge in [-0.25, -0.2) is 0 Å². The molecule has 0 unspecified atom stereocenters. The van der Waals surface area contributed by atoms with Crippen LogP contribution in [0.3, 0.4) is 0 Å². The number of hydrogen-bond donors (Lipinski definition) is 1. The number of carbonyl (C=O) groups excluding carboxylic acids is 1. The Hall–Kier alpha value is -2.49. The minimum atomic E-state index is -0.140. The summed E-state index contributed by atoms with van der Waals surface area (Å²) in [6.07, 6.45) is 0. The van der Waals surface area contributed by atoms with E-state index in [1.54, 1.807) is 32.4 Å². The maximum atomic E-state index is 12.6. The molecule has 4 heteroatoms. The van der Waals surface area contributed by atoms with Crippen molar-refractivity contribution in [3.8, 4) is 11.5 Å². The van der Waals surface area contributed by atoms with Crippen molar-refractivity contribution >= 4 is 11.6 Å². The lowest BCUT2D eigenvalue weighted by Crippen LogP contribution is -2.15. The lowest BCUT2D eigenvalue weighted by Gasteiger charge is -2.14. The number of nitrogens with one attached hydrogen (secondary N) is 1. The number of anilines is 1. The molecule has 0 atom stereocenters. The van der Waals surface area contributed by atoms with E-state index in [-0.39, 0.29) is 5.91 Å². The standard InChI is InChI=1S/C18H21NO3/c1-11-8-12(2)17(13(3)9-11)18(20)19-15-7-6-14(21-4)10-16(15)22-5/h6-10H,1-5H3,(H,19,20). The van der Waals surface area contributed by atoms with Gasteiger partial charge in [0, 0.05) is 11.6 Å². The van der Waals surface area contributed by atoms with Crippen LogP contribution in [0.15, 0.2) is 30.3 Å². The van der Waals surface area contributed by atoms with E-state index in [9.17, 15) is 4.79 Å². The largest absolute Gasteiger partial charge is 0.497 e. The van der Waals surface area contributed by atoms with Crippen molar-refractivity contribution in [2.75, 3.05) is 19.5 Å². The van der Waals surface area contributed by atoms with E-state index in [1.807, 2.05) is 32.9 Å². The molecule has 0 fully saturated rings. The summed E-state index contributed by atoms with van der Waals surface area (Å²) in [5, 5.41) is 2.91. The fraction of sp³-hybridized carbons (Fsp3) is 0.278. The average molecular weight is 299 g/mol. The molecule has 4 nitrogen and oxygen atoms in total. The number of carbonyl (C=O) groups is 1. The average Bonchev–Trinajstić information content (AvgIpc) is 2.46. The molecular formula is C18H21NO3. The van der Waals surface area contributed by atoms with Crippen molar-refractivity contribution in [1.29, 1.82) is 0 Å². The van der Waals surface area contributed by atoms with Gasteiger partial charge in [0.05, 0.1) is 19.9 Å². The number of methoxy groups -OCH3 is 2. The van der Waals surface area contributed by atoms with Crippen LogP contribution in [0, 0.1) is 20.8 Å². The van der Waals surface area contributed by atoms with Gasteiger partial charge in [0.2, 0.25) is 0 Å². The Balaban J connectivity index is 2.34. The molecule has 22 heavy (non-hydrogen) atoms. The van der Waals surface area contributed by atoms with Crippen molar-refractivity contribution < 1.29 is 14.3 Å². The van der Waals surface area contributed by atoms with Gasteiger partial charge < -0.3 is 14.8 Å². The van der Waals surface area contributed by atoms with Crippen LogP contribution >= 0.6 is 0 Å². The molecule has 0 radical (unpaired) electrons. The summed E-state index contributed by atoms with van der Waals surface area (Å²) >= 11 is 0. The van der Waals surface area contributed by atoms with Crippen molar-refractivity contribution in [2.45, 2.75) is 20.8 Å². The van der Waals surface area contributed by atoms with Gasteiger partial charge in [-0.05, 0) is 44.0 Å². The van der Waals surface area contributed by atoms with Gasteiger partial charge in [-0.1, -0.05) is 17.7 Å². The van der Waals surface area contributed by atoms with Crippen LogP contribution < -0.4 is 14.8 Å². The van der Waals surface area contributed by atoms with Gasteiger partial charge >= 0.3 is 0 Å². The van der Waals surface area contributed by atoms with Crippen molar-refractivity contribution in [2.24, 2.45) is 0 Å². The molecule has 2 aromatic rings. The summed E-state index contributed by atoms with van der Waals surface area (Å²) in [6, 6.07) is 9.31. The molecule has 116 valence electrons. The van der Waals surface area contributed by atoms with Crippen LogP contribution in [0.4, 0.5) is 5.69 Å². The molecule has 2 rings (SSSR count). The first-order valence-corrected chi connectivity index (χ1v) is 7.07. The Morgan fingerprint density at radius 2 is 1.59 bits per heavy atom. The maximum Gasteiger partial charge on any atom is 0.256 e. The molecule has 0 aliphatic rings. The van der Waals surface area contributed by atoms with Gasteiger partial charge in [-0.15, -0.1) is 0 Å². The highest BCUT2D eigenvalue weighted by Crippen LogP contribution is 2.30. The Bertz CT molecular complexity index is 684. The van der Waals surface area contributed by atoms with Crippen molar-refractivity contribution in [1.82, 2.24) is 0 Å². The van der Waals surface area contributed by atoms with Gasteiger partial charge in [0.25, 0.3) is 5.91 Å². The van der Waals surface area contributed by atoms with Crippen LogP contribution in [0.25, 0.3) is 0 Å². The summed E-state index contributed by atoms with van der Waals surface area (Å²) in [5.41, 5.74) is 4.38. The molecule has 1 N–H and O–H groups in total. The minimum absolute atomic E-state index is 0.140. The van der Waals surface area contributed by atoms with Crippen LogP contribution in [0.2, 0.25) is 0 Å². The van der Waals surface area contributed by atoms with E-state index >= 15 is 0 Å². The lowest BCUT2D eigenvalue weighted by molar-refractivity contribution is 0.102. The van der Waals surface area contributed by atoms with Crippen LogP contribution in [-0.4, -0.2) is 20.1 Å². The number of benzene rings is 2. The van der Waals surface area contributed by atoms with E-state index in [2.05, 4.69) is 5.32 Å². The number of hydrogen-bond acceptors (Lipinski definition) is 3. The first kappa shape index (κ1) is 15.9. The summed E-state index contributed by atoms with van der Waals surface area (Å²) in [5.74, 6) is 1.10. The third-order valence-electron chi connectivity index (χ3n) is 3.56. The molecule has 0 spiro atoms. The summed E-state index contributed by atoms with van der Waals surface area (Å²) in [6.45, 7) is 5.91. The predicted molar refractivity (Wildman–Crippen MR) is 88.2 cm³/mol. The highest BCUT2D eigenvalue weighted by molar-refractivity contribution is 6.07. The smallest absolute Gasteiger partial charge is 0.256 e. The quantitative estimate of drug-likeness (QED) is 0.932. The zero-order valence-corrected chi connectivity index (χ0v) is 13.6. The van der Waals surface area contributed by atoms with E-state index in [1.165, 1.54) is 0 Å². The minimum Gasteiger partial charge on any atom is -0.497 e. The molecule has 0 bridgehead atoms. The number of ether oxygens (including phenoxy) is 2. The lowest BCUT2D eigenvalue weighted by atomic mass is 9.99. The zero-order chi connectivity index (χ0) is 16.3. The van der Waals surface area contributed by atoms with E-state index in [4.69, 9.17) is 9.47 Å². The second-order valence-corrected chi connectivity index (χ2v) is 5.29. The third-order valence-corrected chi connectivity index (χ3v) is 3.56. The Morgan fingerprint density at radius 1 is 0.955 bits per heavy atom. The summed E-state index contributed by atoms with van der Waals surface area (Å²) < 4.78 is 10.5. The highest BCUT2D eigenvalue weighted by Gasteiger charge is 2.15. The van der Waals surface area contributed by atoms with Gasteiger partial charge in [0.15, 0.2) is 0 Å². The van der Waals surface area contributed by atoms with Crippen LogP contribution in [0.5, 0.6) is 11.5 Å². The summed E-state index contributed by atoms with van der Waals surface area (Å²) in [7, 11) is 3.15. The second-order valence-electron chi connectivity index (χ2n) is 5.29. The third kappa shape index (κ3) is 3.22. The first-order valence-electron chi connectivity index (χ1n) is 7.07. The van der Waals surface area contributed by atoms with Crippen LogP contribution in [-0.2, 0) is 0 Å². The van der Waals surface area contributed by atoms with Crippen LogP contribution in [0.1, 0.15) is 27.0 Å². The fourth-order valence-electron chi connectivity index (χ4n) is 2.62. The maximum absolute atomic E-state index is 12.6. The molecule has 1 amide bonds. The summed E-state index contributed by atoms with van der Waals surface area (Å²) in [4.78, 5) is 12.6. The van der Waals surface area contributed by atoms with E-state index in [0.29, 0.717) is 22.7 Å². The molecule has 0 aliphatic carbocycles. The fourth-order valence-corrected chi connectivity index (χ4v) is 2.62. The SMILES string of the molecule is COc1ccc(NC(=O)c2c(C)cc(C)cc2C)c(OC)c1. The van der Waals surface area contributed by atoms with E-state index in [0.717, 1.165) is 16.7 Å². The van der Waals surface area contributed by atoms with E-state index < -0.39 is 0 Å². The molecule has 0 heterocycles. The molecule has 0 saturated heterocycles. The van der Waals surface area contributed by atoms with Crippen molar-refractivity contribution in [3.05, 3.63) is 52.6 Å². The molecule has 0 saturated carbocycles. The highest BCUT2D eigenvalue weighted by atomic mass is 16.5. The van der Waals surface area contributed by atoms with Gasteiger partial charge in [-0.3, -0.25) is 4.79 Å². The zero-order valence-electron chi connectivity index (χ0n) is 13.6. The molecule has 0 aromatic heterocycles. The molecule has 0 aliphatic heterocycles. The molecular weight excluding hydrogens is 278 g/mol. The normalized spacial score (nSPS) is 10.2. The monoisotopic (exact) mass is 299 g/mol. The van der Waals surface area contributed by atoms with Gasteiger partial charge in [0.1, 0.15) is 11.5 Å².